The van der Waals surface area contributed by atoms with Crippen molar-refractivity contribution in [2.75, 3.05) is 5.73 Å². The Hall–Kier alpha value is -1.78. The Bertz CT molecular complexity index is 429. The number of hydrogen-bond donors (Lipinski definition) is 1. The molecule has 0 saturated heterocycles. The lowest BCUT2D eigenvalue weighted by Gasteiger charge is -1.94. The van der Waals surface area contributed by atoms with Crippen LogP contribution in [-0.4, -0.2) is 14.5 Å². The Morgan fingerprint density at radius 3 is 2.69 bits per heavy atom. The Morgan fingerprint density at radius 1 is 1.46 bits per heavy atom. The van der Waals surface area contributed by atoms with Crippen molar-refractivity contribution in [1.29, 1.82) is 0 Å². The minimum absolute atomic E-state index is 0.468. The standard InChI is InChI=1S/C8H10N4O/c1-5-3-10-8(13-5)6-7(9)12(2)4-11-6/h3-4H,9H2,1-2H3. The number of rotatable bonds is 1. The van der Waals surface area contributed by atoms with E-state index in [1.54, 1.807) is 17.1 Å². The first-order valence-corrected chi connectivity index (χ1v) is 3.88. The van der Waals surface area contributed by atoms with E-state index < -0.39 is 0 Å². The van der Waals surface area contributed by atoms with E-state index in [-0.39, 0.29) is 0 Å². The molecule has 2 heterocycles. The fourth-order valence-corrected chi connectivity index (χ4v) is 1.07. The van der Waals surface area contributed by atoms with Crippen LogP contribution in [0.15, 0.2) is 16.9 Å². The highest BCUT2D eigenvalue weighted by molar-refractivity contribution is 5.62. The third-order valence-corrected chi connectivity index (χ3v) is 1.81. The van der Waals surface area contributed by atoms with Crippen LogP contribution in [0.3, 0.4) is 0 Å². The van der Waals surface area contributed by atoms with Gasteiger partial charge in [0, 0.05) is 7.05 Å². The fraction of sp³-hybridized carbons (Fsp3) is 0.250. The molecule has 0 amide bonds. The molecule has 0 spiro atoms. The number of aromatic nitrogens is 3. The Kier molecular flexibility index (Phi) is 1.58. The monoisotopic (exact) mass is 178 g/mol. The molecule has 0 fully saturated rings. The topological polar surface area (TPSA) is 69.9 Å². The van der Waals surface area contributed by atoms with Gasteiger partial charge in [0.05, 0.1) is 12.5 Å². The zero-order valence-corrected chi connectivity index (χ0v) is 7.48. The van der Waals surface area contributed by atoms with Crippen molar-refractivity contribution in [3.8, 4) is 11.6 Å². The maximum absolute atomic E-state index is 5.74. The summed E-state index contributed by atoms with van der Waals surface area (Å²) in [7, 11) is 1.82. The van der Waals surface area contributed by atoms with Crippen molar-refractivity contribution >= 4 is 5.82 Å². The molecule has 5 nitrogen and oxygen atoms in total. The Balaban J connectivity index is 2.52. The number of anilines is 1. The summed E-state index contributed by atoms with van der Waals surface area (Å²) in [5, 5.41) is 0. The molecule has 2 aromatic rings. The highest BCUT2D eigenvalue weighted by Crippen LogP contribution is 2.22. The maximum Gasteiger partial charge on any atom is 0.249 e. The molecule has 0 aromatic carbocycles. The predicted molar refractivity (Wildman–Crippen MR) is 47.9 cm³/mol. The zero-order valence-electron chi connectivity index (χ0n) is 7.48. The summed E-state index contributed by atoms with van der Waals surface area (Å²) >= 11 is 0. The average molecular weight is 178 g/mol. The molecule has 0 bridgehead atoms. The van der Waals surface area contributed by atoms with Crippen molar-refractivity contribution in [1.82, 2.24) is 14.5 Å². The second-order valence-corrected chi connectivity index (χ2v) is 2.87. The Morgan fingerprint density at radius 2 is 2.23 bits per heavy atom. The summed E-state index contributed by atoms with van der Waals surface area (Å²) in [6, 6.07) is 0. The van der Waals surface area contributed by atoms with Gasteiger partial charge in [0.1, 0.15) is 11.6 Å². The number of nitrogens with two attached hydrogens (primary N) is 1. The van der Waals surface area contributed by atoms with Crippen LogP contribution in [0.25, 0.3) is 11.6 Å². The lowest BCUT2D eigenvalue weighted by molar-refractivity contribution is 0.541. The first-order valence-electron chi connectivity index (χ1n) is 3.88. The molecule has 0 atom stereocenters. The number of imidazole rings is 1. The molecule has 0 saturated carbocycles. The molecule has 5 heteroatoms. The van der Waals surface area contributed by atoms with Gasteiger partial charge >= 0.3 is 0 Å². The number of nitrogens with zero attached hydrogens (tertiary/aromatic N) is 3. The molecular formula is C8H10N4O. The molecule has 0 unspecified atom stereocenters. The van der Waals surface area contributed by atoms with Crippen molar-refractivity contribution < 1.29 is 4.42 Å². The minimum atomic E-state index is 0.468. The van der Waals surface area contributed by atoms with Gasteiger partial charge < -0.3 is 14.7 Å². The van der Waals surface area contributed by atoms with Gasteiger partial charge in [-0.3, -0.25) is 0 Å². The number of nitrogen functional groups attached to an aromatic ring is 1. The smallest absolute Gasteiger partial charge is 0.249 e. The first kappa shape index (κ1) is 7.85. The van der Waals surface area contributed by atoms with Crippen molar-refractivity contribution in [2.45, 2.75) is 6.92 Å². The highest BCUT2D eigenvalue weighted by atomic mass is 16.4. The first-order chi connectivity index (χ1) is 6.18. The van der Waals surface area contributed by atoms with Crippen LogP contribution in [0.2, 0.25) is 0 Å². The zero-order chi connectivity index (χ0) is 9.42. The van der Waals surface area contributed by atoms with E-state index in [1.165, 1.54) is 0 Å². The van der Waals surface area contributed by atoms with Crippen LogP contribution in [0, 0.1) is 6.92 Å². The predicted octanol–water partition coefficient (Wildman–Crippen LogP) is 0.966. The normalized spacial score (nSPS) is 10.6. The number of hydrogen-bond acceptors (Lipinski definition) is 4. The molecule has 2 N–H and O–H groups in total. The molecular weight excluding hydrogens is 168 g/mol. The van der Waals surface area contributed by atoms with Gasteiger partial charge in [-0.1, -0.05) is 0 Å². The van der Waals surface area contributed by atoms with Crippen molar-refractivity contribution in [3.05, 3.63) is 18.3 Å². The summed E-state index contributed by atoms with van der Waals surface area (Å²) in [6.45, 7) is 1.83. The van der Waals surface area contributed by atoms with Crippen molar-refractivity contribution in [3.63, 3.8) is 0 Å². The summed E-state index contributed by atoms with van der Waals surface area (Å²) in [4.78, 5) is 8.12. The Labute approximate surface area is 75.2 Å². The summed E-state index contributed by atoms with van der Waals surface area (Å²) in [5.74, 6) is 1.78. The minimum Gasteiger partial charge on any atom is -0.440 e. The quantitative estimate of drug-likeness (QED) is 0.706. The van der Waals surface area contributed by atoms with E-state index in [1.807, 2.05) is 14.0 Å². The van der Waals surface area contributed by atoms with Gasteiger partial charge in [-0.05, 0) is 6.92 Å². The molecule has 2 rings (SSSR count). The van der Waals surface area contributed by atoms with Crippen molar-refractivity contribution in [2.24, 2.45) is 7.05 Å². The number of oxazole rings is 1. The van der Waals surface area contributed by atoms with Gasteiger partial charge in [0.25, 0.3) is 0 Å². The van der Waals surface area contributed by atoms with Crippen LogP contribution in [-0.2, 0) is 7.05 Å². The molecule has 0 aliphatic rings. The molecule has 68 valence electrons. The van der Waals surface area contributed by atoms with E-state index in [0.29, 0.717) is 17.4 Å². The summed E-state index contributed by atoms with van der Waals surface area (Å²) in [5.41, 5.74) is 6.34. The summed E-state index contributed by atoms with van der Waals surface area (Å²) < 4.78 is 7.01. The lowest BCUT2D eigenvalue weighted by Crippen LogP contribution is -1.95. The van der Waals surface area contributed by atoms with E-state index in [9.17, 15) is 0 Å². The van der Waals surface area contributed by atoms with Crippen LogP contribution >= 0.6 is 0 Å². The van der Waals surface area contributed by atoms with Gasteiger partial charge in [-0.25, -0.2) is 9.97 Å². The van der Waals surface area contributed by atoms with Gasteiger partial charge in [-0.15, -0.1) is 0 Å². The van der Waals surface area contributed by atoms with E-state index >= 15 is 0 Å². The van der Waals surface area contributed by atoms with Gasteiger partial charge in [0.2, 0.25) is 5.89 Å². The van der Waals surface area contributed by atoms with Gasteiger partial charge in [0.15, 0.2) is 5.69 Å². The third kappa shape index (κ3) is 1.18. The average Bonchev–Trinajstić information content (AvgIpc) is 2.62. The fourth-order valence-electron chi connectivity index (χ4n) is 1.07. The second-order valence-electron chi connectivity index (χ2n) is 2.87. The SMILES string of the molecule is Cc1cnc(-c2ncn(C)c2N)o1. The van der Waals surface area contributed by atoms with E-state index in [0.717, 1.165) is 5.76 Å². The third-order valence-electron chi connectivity index (χ3n) is 1.81. The maximum atomic E-state index is 5.74. The molecule has 0 aliphatic heterocycles. The largest absolute Gasteiger partial charge is 0.440 e. The second kappa shape index (κ2) is 2.62. The van der Waals surface area contributed by atoms with Gasteiger partial charge in [-0.2, -0.15) is 0 Å². The van der Waals surface area contributed by atoms with Crippen LogP contribution < -0.4 is 5.73 Å². The van der Waals surface area contributed by atoms with Crippen LogP contribution in [0.5, 0.6) is 0 Å². The summed E-state index contributed by atoms with van der Waals surface area (Å²) in [6.07, 6.45) is 3.27. The molecule has 0 radical (unpaired) electrons. The van der Waals surface area contributed by atoms with Crippen LogP contribution in [0.4, 0.5) is 5.82 Å². The lowest BCUT2D eigenvalue weighted by atomic mass is 10.4. The van der Waals surface area contributed by atoms with E-state index in [4.69, 9.17) is 10.2 Å². The number of aryl methyl sites for hydroxylation is 2. The molecule has 13 heavy (non-hydrogen) atoms. The highest BCUT2D eigenvalue weighted by Gasteiger charge is 2.12. The molecule has 2 aromatic heterocycles. The van der Waals surface area contributed by atoms with Crippen LogP contribution in [0.1, 0.15) is 5.76 Å². The van der Waals surface area contributed by atoms with E-state index in [2.05, 4.69) is 9.97 Å². The molecule has 0 aliphatic carbocycles.